The van der Waals surface area contributed by atoms with Crippen LogP contribution in [0.1, 0.15) is 19.3 Å². The fourth-order valence-corrected chi connectivity index (χ4v) is 2.47. The van der Waals surface area contributed by atoms with Crippen molar-refractivity contribution in [2.75, 3.05) is 13.1 Å². The molecule has 3 rings (SSSR count). The molecule has 1 heterocycles. The molecular formula is C14H17BrN2O2. The van der Waals surface area contributed by atoms with Gasteiger partial charge in [-0.15, -0.1) is 0 Å². The van der Waals surface area contributed by atoms with Crippen molar-refractivity contribution in [2.24, 2.45) is 0 Å². The smallest absolute Gasteiger partial charge is 0.317 e. The first-order valence-corrected chi connectivity index (χ1v) is 7.48. The molecule has 0 aromatic heterocycles. The number of benzene rings is 1. The molecule has 1 N–H and O–H groups in total. The molecule has 5 heteroatoms. The summed E-state index contributed by atoms with van der Waals surface area (Å²) < 4.78 is 6.93. The van der Waals surface area contributed by atoms with E-state index < -0.39 is 0 Å². The van der Waals surface area contributed by atoms with Crippen LogP contribution < -0.4 is 10.1 Å². The third-order valence-electron chi connectivity index (χ3n) is 3.45. The number of rotatable bonds is 3. The molecule has 1 saturated heterocycles. The van der Waals surface area contributed by atoms with Crippen molar-refractivity contribution in [3.05, 3.63) is 28.7 Å². The zero-order chi connectivity index (χ0) is 13.2. The Bertz CT molecular complexity index is 459. The maximum absolute atomic E-state index is 11.9. The number of halogens is 1. The molecule has 1 aliphatic carbocycles. The van der Waals surface area contributed by atoms with Gasteiger partial charge in [-0.25, -0.2) is 4.79 Å². The molecule has 1 aliphatic heterocycles. The Hall–Kier alpha value is -1.23. The number of amides is 2. The lowest BCUT2D eigenvalue weighted by Crippen LogP contribution is -2.40. The Kier molecular flexibility index (Phi) is 3.64. The minimum Gasteiger partial charge on any atom is -0.489 e. The van der Waals surface area contributed by atoms with Crippen LogP contribution in [-0.4, -0.2) is 36.2 Å². The number of nitrogens with zero attached hydrogens (tertiary/aromatic N) is 1. The van der Waals surface area contributed by atoms with Crippen molar-refractivity contribution in [1.29, 1.82) is 0 Å². The molecule has 0 bridgehead atoms. The van der Waals surface area contributed by atoms with E-state index in [9.17, 15) is 4.79 Å². The Morgan fingerprint density at radius 3 is 2.68 bits per heavy atom. The quantitative estimate of drug-likeness (QED) is 0.928. The molecule has 2 amide bonds. The van der Waals surface area contributed by atoms with E-state index in [4.69, 9.17) is 4.74 Å². The van der Waals surface area contributed by atoms with Gasteiger partial charge in [0.1, 0.15) is 11.9 Å². The van der Waals surface area contributed by atoms with Crippen LogP contribution >= 0.6 is 15.9 Å². The van der Waals surface area contributed by atoms with Gasteiger partial charge in [-0.05, 0) is 37.1 Å². The van der Waals surface area contributed by atoms with E-state index >= 15 is 0 Å². The van der Waals surface area contributed by atoms with Gasteiger partial charge in [-0.1, -0.05) is 15.9 Å². The molecule has 2 fully saturated rings. The fourth-order valence-electron chi connectivity index (χ4n) is 2.21. The van der Waals surface area contributed by atoms with E-state index in [0.717, 1.165) is 36.0 Å². The first-order chi connectivity index (χ1) is 9.20. The predicted octanol–water partition coefficient (Wildman–Crippen LogP) is 2.77. The van der Waals surface area contributed by atoms with Crippen molar-refractivity contribution in [3.8, 4) is 5.75 Å². The van der Waals surface area contributed by atoms with Crippen LogP contribution in [0.5, 0.6) is 5.75 Å². The van der Waals surface area contributed by atoms with Gasteiger partial charge in [0.25, 0.3) is 0 Å². The summed E-state index contributed by atoms with van der Waals surface area (Å²) in [6.07, 6.45) is 3.25. The molecule has 2 aliphatic rings. The van der Waals surface area contributed by atoms with E-state index in [1.165, 1.54) is 0 Å². The third kappa shape index (κ3) is 3.41. The van der Waals surface area contributed by atoms with Gasteiger partial charge >= 0.3 is 6.03 Å². The average Bonchev–Trinajstić information content (AvgIpc) is 3.08. The first kappa shape index (κ1) is 12.8. The fraction of sp³-hybridized carbons (Fsp3) is 0.500. The second kappa shape index (κ2) is 5.41. The minimum absolute atomic E-state index is 0.0596. The summed E-state index contributed by atoms with van der Waals surface area (Å²) in [5.41, 5.74) is 0. The summed E-state index contributed by atoms with van der Waals surface area (Å²) in [4.78, 5) is 13.7. The molecule has 19 heavy (non-hydrogen) atoms. The van der Waals surface area contributed by atoms with Gasteiger partial charge in [0.05, 0.1) is 6.54 Å². The summed E-state index contributed by atoms with van der Waals surface area (Å²) in [7, 11) is 0. The number of ether oxygens (including phenoxy) is 1. The second-order valence-electron chi connectivity index (χ2n) is 5.15. The number of urea groups is 1. The van der Waals surface area contributed by atoms with Crippen molar-refractivity contribution in [2.45, 2.75) is 31.4 Å². The molecule has 0 spiro atoms. The van der Waals surface area contributed by atoms with E-state index in [0.29, 0.717) is 12.6 Å². The number of carbonyl (C=O) groups is 1. The van der Waals surface area contributed by atoms with Crippen LogP contribution in [0.25, 0.3) is 0 Å². The molecule has 1 aromatic carbocycles. The Morgan fingerprint density at radius 1 is 1.26 bits per heavy atom. The zero-order valence-corrected chi connectivity index (χ0v) is 12.2. The zero-order valence-electron chi connectivity index (χ0n) is 10.6. The summed E-state index contributed by atoms with van der Waals surface area (Å²) in [6.45, 7) is 1.45. The van der Waals surface area contributed by atoms with Crippen molar-refractivity contribution < 1.29 is 9.53 Å². The van der Waals surface area contributed by atoms with E-state index in [2.05, 4.69) is 21.2 Å². The average molecular weight is 325 g/mol. The van der Waals surface area contributed by atoms with Crippen molar-refractivity contribution in [3.63, 3.8) is 0 Å². The Morgan fingerprint density at radius 2 is 2.00 bits per heavy atom. The minimum atomic E-state index is 0.0596. The predicted molar refractivity (Wildman–Crippen MR) is 76.3 cm³/mol. The van der Waals surface area contributed by atoms with Crippen LogP contribution in [-0.2, 0) is 0 Å². The van der Waals surface area contributed by atoms with Gasteiger partial charge in [-0.3, -0.25) is 0 Å². The maximum atomic E-state index is 11.9. The summed E-state index contributed by atoms with van der Waals surface area (Å²) in [6, 6.07) is 8.28. The summed E-state index contributed by atoms with van der Waals surface area (Å²) in [5, 5.41) is 3.01. The molecule has 1 aromatic rings. The lowest BCUT2D eigenvalue weighted by Gasteiger charge is -2.17. The first-order valence-electron chi connectivity index (χ1n) is 6.68. The van der Waals surface area contributed by atoms with Crippen LogP contribution in [0, 0.1) is 0 Å². The second-order valence-corrected chi connectivity index (χ2v) is 6.07. The Balaban J connectivity index is 1.50. The maximum Gasteiger partial charge on any atom is 0.317 e. The Labute approximate surface area is 121 Å². The number of likely N-dealkylation sites (tertiary alicyclic amines) is 1. The highest BCUT2D eigenvalue weighted by molar-refractivity contribution is 9.10. The molecule has 102 valence electrons. The van der Waals surface area contributed by atoms with Gasteiger partial charge in [-0.2, -0.15) is 0 Å². The molecule has 1 unspecified atom stereocenters. The number of carbonyl (C=O) groups excluding carboxylic acids is 1. The highest BCUT2D eigenvalue weighted by Crippen LogP contribution is 2.22. The molecular weight excluding hydrogens is 308 g/mol. The van der Waals surface area contributed by atoms with Crippen molar-refractivity contribution in [1.82, 2.24) is 10.2 Å². The van der Waals surface area contributed by atoms with E-state index in [1.807, 2.05) is 29.2 Å². The van der Waals surface area contributed by atoms with Gasteiger partial charge < -0.3 is 15.0 Å². The van der Waals surface area contributed by atoms with E-state index in [1.54, 1.807) is 0 Å². The lowest BCUT2D eigenvalue weighted by molar-refractivity contribution is 0.186. The molecule has 4 nitrogen and oxygen atoms in total. The lowest BCUT2D eigenvalue weighted by atomic mass is 10.3. The van der Waals surface area contributed by atoms with Crippen LogP contribution in [0.4, 0.5) is 4.79 Å². The molecule has 0 radical (unpaired) electrons. The van der Waals surface area contributed by atoms with Gasteiger partial charge in [0.15, 0.2) is 0 Å². The molecule has 1 atom stereocenters. The third-order valence-corrected chi connectivity index (χ3v) is 3.98. The highest BCUT2D eigenvalue weighted by Gasteiger charge is 2.31. The van der Waals surface area contributed by atoms with Crippen LogP contribution in [0.2, 0.25) is 0 Å². The van der Waals surface area contributed by atoms with Crippen LogP contribution in [0.3, 0.4) is 0 Å². The SMILES string of the molecule is O=C(NC1CC1)N1CCC(Oc2ccc(Br)cc2)C1. The van der Waals surface area contributed by atoms with Crippen molar-refractivity contribution >= 4 is 22.0 Å². The largest absolute Gasteiger partial charge is 0.489 e. The number of hydrogen-bond donors (Lipinski definition) is 1. The van der Waals surface area contributed by atoms with Crippen LogP contribution in [0.15, 0.2) is 28.7 Å². The monoisotopic (exact) mass is 324 g/mol. The number of nitrogens with one attached hydrogen (secondary N) is 1. The van der Waals surface area contributed by atoms with E-state index in [-0.39, 0.29) is 12.1 Å². The summed E-state index contributed by atoms with van der Waals surface area (Å²) in [5.74, 6) is 0.859. The normalized spacial score (nSPS) is 22.4. The van der Waals surface area contributed by atoms with Gasteiger partial charge in [0, 0.05) is 23.5 Å². The molecule has 1 saturated carbocycles. The highest BCUT2D eigenvalue weighted by atomic mass is 79.9. The number of hydrogen-bond acceptors (Lipinski definition) is 2. The topological polar surface area (TPSA) is 41.6 Å². The summed E-state index contributed by atoms with van der Waals surface area (Å²) >= 11 is 3.40. The van der Waals surface area contributed by atoms with Gasteiger partial charge in [0.2, 0.25) is 0 Å². The standard InChI is InChI=1S/C14H17BrN2O2/c15-10-1-5-12(6-2-10)19-13-7-8-17(9-13)14(18)16-11-3-4-11/h1-2,5-6,11,13H,3-4,7-9H2,(H,16,18).